The first-order valence-corrected chi connectivity index (χ1v) is 8.94. The van der Waals surface area contributed by atoms with Gasteiger partial charge in [0.25, 0.3) is 0 Å². The normalized spacial score (nSPS) is 31.3. The van der Waals surface area contributed by atoms with Crippen LogP contribution in [-0.4, -0.2) is 22.7 Å². The first kappa shape index (κ1) is 14.4. The lowest BCUT2D eigenvalue weighted by atomic mass is 9.86. The van der Waals surface area contributed by atoms with E-state index in [0.29, 0.717) is 6.04 Å². The highest BCUT2D eigenvalue weighted by molar-refractivity contribution is 9.10. The first-order valence-electron chi connectivity index (χ1n) is 8.15. The Balaban J connectivity index is 1.71. The Morgan fingerprint density at radius 3 is 2.86 bits per heavy atom. The molecule has 1 saturated carbocycles. The Morgan fingerprint density at radius 2 is 2.09 bits per heavy atom. The number of fused-ring (bicyclic) bond motifs is 4. The third kappa shape index (κ3) is 2.21. The number of benzene rings is 1. The van der Waals surface area contributed by atoms with Crippen molar-refractivity contribution in [1.29, 1.82) is 0 Å². The molecule has 22 heavy (non-hydrogen) atoms. The Labute approximate surface area is 139 Å². The zero-order valence-corrected chi connectivity index (χ0v) is 14.4. The largest absolute Gasteiger partial charge is 0.468 e. The standard InChI is InChI=1S/C17H21BrN2O2/c1-17-10-14(13-9-11(18)7-8-15(13)22-17)19-16(21)20(17)12-5-3-2-4-6-12/h7-9,12,14H,2-6,10H2,1H3,(H,19,21). The summed E-state index contributed by atoms with van der Waals surface area (Å²) in [5, 5.41) is 3.19. The van der Waals surface area contributed by atoms with Crippen LogP contribution in [-0.2, 0) is 0 Å². The maximum atomic E-state index is 12.7. The lowest BCUT2D eigenvalue weighted by Gasteiger charge is -2.54. The van der Waals surface area contributed by atoms with E-state index >= 15 is 0 Å². The van der Waals surface area contributed by atoms with Crippen molar-refractivity contribution >= 4 is 22.0 Å². The second-order valence-electron chi connectivity index (χ2n) is 6.83. The Bertz CT molecular complexity index is 615. The average Bonchev–Trinajstić information content (AvgIpc) is 2.48. The molecule has 4 rings (SSSR count). The summed E-state index contributed by atoms with van der Waals surface area (Å²) in [5.74, 6) is 0.891. The van der Waals surface area contributed by atoms with Crippen molar-refractivity contribution in [1.82, 2.24) is 10.2 Å². The summed E-state index contributed by atoms with van der Waals surface area (Å²) in [4.78, 5) is 14.7. The van der Waals surface area contributed by atoms with Gasteiger partial charge in [-0.3, -0.25) is 4.90 Å². The minimum absolute atomic E-state index is 0.0243. The number of nitrogens with one attached hydrogen (secondary N) is 1. The van der Waals surface area contributed by atoms with Crippen LogP contribution in [0.3, 0.4) is 0 Å². The highest BCUT2D eigenvalue weighted by Crippen LogP contribution is 2.46. The van der Waals surface area contributed by atoms with Crippen LogP contribution in [0.25, 0.3) is 0 Å². The Hall–Kier alpha value is -1.23. The predicted octanol–water partition coefficient (Wildman–Crippen LogP) is 4.35. The van der Waals surface area contributed by atoms with Gasteiger partial charge in [-0.15, -0.1) is 0 Å². The van der Waals surface area contributed by atoms with Gasteiger partial charge in [0.05, 0.1) is 6.04 Å². The molecular formula is C17H21BrN2O2. The molecule has 4 nitrogen and oxygen atoms in total. The molecule has 1 aromatic rings. The lowest BCUT2D eigenvalue weighted by Crippen LogP contribution is -2.67. The number of urea groups is 1. The summed E-state index contributed by atoms with van der Waals surface area (Å²) < 4.78 is 7.34. The summed E-state index contributed by atoms with van der Waals surface area (Å²) in [6, 6.07) is 6.42. The number of rotatable bonds is 1. The molecule has 2 bridgehead atoms. The molecule has 5 heteroatoms. The molecule has 1 N–H and O–H groups in total. The minimum atomic E-state index is -0.532. The molecule has 0 radical (unpaired) electrons. The van der Waals surface area contributed by atoms with Crippen molar-refractivity contribution in [2.75, 3.05) is 0 Å². The lowest BCUT2D eigenvalue weighted by molar-refractivity contribution is -0.106. The molecule has 2 aliphatic heterocycles. The van der Waals surface area contributed by atoms with E-state index in [1.807, 2.05) is 17.0 Å². The summed E-state index contributed by atoms with van der Waals surface area (Å²) in [6.45, 7) is 2.07. The van der Waals surface area contributed by atoms with E-state index in [1.165, 1.54) is 19.3 Å². The Kier molecular flexibility index (Phi) is 3.36. The fourth-order valence-electron chi connectivity index (χ4n) is 4.25. The van der Waals surface area contributed by atoms with Crippen LogP contribution in [0, 0.1) is 0 Å². The van der Waals surface area contributed by atoms with Crippen LogP contribution in [0.2, 0.25) is 0 Å². The number of hydrogen-bond acceptors (Lipinski definition) is 2. The van der Waals surface area contributed by atoms with Gasteiger partial charge in [0, 0.05) is 22.5 Å². The van der Waals surface area contributed by atoms with Crippen LogP contribution in [0.1, 0.15) is 57.1 Å². The van der Waals surface area contributed by atoms with E-state index in [-0.39, 0.29) is 12.1 Å². The highest BCUT2D eigenvalue weighted by atomic mass is 79.9. The summed E-state index contributed by atoms with van der Waals surface area (Å²) in [6.07, 6.45) is 6.67. The highest BCUT2D eigenvalue weighted by Gasteiger charge is 2.51. The fraction of sp³-hybridized carbons (Fsp3) is 0.588. The van der Waals surface area contributed by atoms with Gasteiger partial charge in [-0.1, -0.05) is 35.2 Å². The van der Waals surface area contributed by atoms with E-state index < -0.39 is 5.72 Å². The van der Waals surface area contributed by atoms with Crippen molar-refractivity contribution in [2.24, 2.45) is 0 Å². The number of carbonyl (C=O) groups is 1. The molecular weight excluding hydrogens is 344 g/mol. The molecule has 118 valence electrons. The molecule has 1 aliphatic carbocycles. The van der Waals surface area contributed by atoms with E-state index in [4.69, 9.17) is 4.74 Å². The number of nitrogens with zero attached hydrogens (tertiary/aromatic N) is 1. The van der Waals surface area contributed by atoms with E-state index in [0.717, 1.165) is 35.0 Å². The predicted molar refractivity (Wildman–Crippen MR) is 87.8 cm³/mol. The van der Waals surface area contributed by atoms with Crippen molar-refractivity contribution < 1.29 is 9.53 Å². The van der Waals surface area contributed by atoms with Crippen LogP contribution in [0.5, 0.6) is 5.75 Å². The van der Waals surface area contributed by atoms with E-state index in [1.54, 1.807) is 0 Å². The maximum absolute atomic E-state index is 12.7. The molecule has 2 atom stereocenters. The SMILES string of the molecule is CC12CC(NC(=O)N1C1CCCCC1)c1cc(Br)ccc1O2. The zero-order chi connectivity index (χ0) is 15.3. The number of carbonyl (C=O) groups excluding carboxylic acids is 1. The van der Waals surface area contributed by atoms with Gasteiger partial charge in [-0.05, 0) is 38.0 Å². The zero-order valence-electron chi connectivity index (χ0n) is 12.8. The minimum Gasteiger partial charge on any atom is -0.468 e. The molecule has 2 unspecified atom stereocenters. The molecule has 2 amide bonds. The van der Waals surface area contributed by atoms with Gasteiger partial charge in [0.15, 0.2) is 5.72 Å². The average molecular weight is 365 g/mol. The molecule has 0 aromatic heterocycles. The molecule has 2 heterocycles. The molecule has 1 saturated heterocycles. The van der Waals surface area contributed by atoms with Crippen LogP contribution in [0.15, 0.2) is 22.7 Å². The van der Waals surface area contributed by atoms with Crippen LogP contribution >= 0.6 is 15.9 Å². The number of hydrogen-bond donors (Lipinski definition) is 1. The maximum Gasteiger partial charge on any atom is 0.321 e. The van der Waals surface area contributed by atoms with Gasteiger partial charge in [-0.2, -0.15) is 0 Å². The third-order valence-electron chi connectivity index (χ3n) is 5.23. The molecule has 3 aliphatic rings. The van der Waals surface area contributed by atoms with Gasteiger partial charge in [-0.25, -0.2) is 4.79 Å². The fourth-order valence-corrected chi connectivity index (χ4v) is 4.63. The Morgan fingerprint density at radius 1 is 1.32 bits per heavy atom. The molecule has 0 spiro atoms. The van der Waals surface area contributed by atoms with Crippen LogP contribution in [0.4, 0.5) is 4.79 Å². The van der Waals surface area contributed by atoms with E-state index in [2.05, 4.69) is 34.2 Å². The molecule has 1 aromatic carbocycles. The summed E-state index contributed by atoms with van der Waals surface area (Å²) >= 11 is 3.50. The summed E-state index contributed by atoms with van der Waals surface area (Å²) in [5.41, 5.74) is 0.541. The van der Waals surface area contributed by atoms with Gasteiger partial charge in [0.1, 0.15) is 5.75 Å². The number of halogens is 1. The first-order chi connectivity index (χ1) is 10.6. The van der Waals surface area contributed by atoms with Crippen LogP contribution < -0.4 is 10.1 Å². The third-order valence-corrected chi connectivity index (χ3v) is 5.72. The number of amides is 2. The van der Waals surface area contributed by atoms with Crippen molar-refractivity contribution in [3.05, 3.63) is 28.2 Å². The van der Waals surface area contributed by atoms with Crippen molar-refractivity contribution in [3.8, 4) is 5.75 Å². The van der Waals surface area contributed by atoms with Gasteiger partial charge in [0.2, 0.25) is 0 Å². The quantitative estimate of drug-likeness (QED) is 0.804. The second kappa shape index (κ2) is 5.15. The topological polar surface area (TPSA) is 41.6 Å². The van der Waals surface area contributed by atoms with Crippen molar-refractivity contribution in [2.45, 2.75) is 63.3 Å². The summed E-state index contributed by atoms with van der Waals surface area (Å²) in [7, 11) is 0. The van der Waals surface area contributed by atoms with E-state index in [9.17, 15) is 4.79 Å². The molecule has 2 fully saturated rings. The number of ether oxygens (including phenoxy) is 1. The van der Waals surface area contributed by atoms with Gasteiger partial charge >= 0.3 is 6.03 Å². The smallest absolute Gasteiger partial charge is 0.321 e. The monoisotopic (exact) mass is 364 g/mol. The second-order valence-corrected chi connectivity index (χ2v) is 7.74. The van der Waals surface area contributed by atoms with Crippen molar-refractivity contribution in [3.63, 3.8) is 0 Å². The van der Waals surface area contributed by atoms with Gasteiger partial charge < -0.3 is 10.1 Å².